The quantitative estimate of drug-likeness (QED) is 0.376. The second-order valence-electron chi connectivity index (χ2n) is 9.30. The van der Waals surface area contributed by atoms with Crippen molar-refractivity contribution in [3.05, 3.63) is 71.4 Å². The Labute approximate surface area is 195 Å². The van der Waals surface area contributed by atoms with Crippen molar-refractivity contribution in [3.8, 4) is 22.6 Å². The second-order valence-corrected chi connectivity index (χ2v) is 9.74. The van der Waals surface area contributed by atoms with Gasteiger partial charge in [0.2, 0.25) is 0 Å². The normalized spacial score (nSPS) is 21.1. The molecular formula is C26H21ClN6. The highest BCUT2D eigenvalue weighted by Crippen LogP contribution is 2.65. The number of fused-ring (bicyclic) bond motifs is 3. The van der Waals surface area contributed by atoms with Crippen molar-refractivity contribution in [1.29, 1.82) is 0 Å². The lowest BCUT2D eigenvalue weighted by Gasteiger charge is -2.62. The Hall–Kier alpha value is -3.51. The van der Waals surface area contributed by atoms with Crippen LogP contribution in [-0.2, 0) is 5.41 Å². The average molecular weight is 453 g/mol. The lowest BCUT2D eigenvalue weighted by molar-refractivity contribution is -0.0276. The highest BCUT2D eigenvalue weighted by atomic mass is 35.5. The number of nitrogens with zero attached hydrogens (tertiary/aromatic N) is 5. The molecule has 0 spiro atoms. The highest BCUT2D eigenvalue weighted by molar-refractivity contribution is 6.31. The van der Waals surface area contributed by atoms with E-state index in [-0.39, 0.29) is 0 Å². The van der Waals surface area contributed by atoms with Gasteiger partial charge in [0.25, 0.3) is 5.78 Å². The summed E-state index contributed by atoms with van der Waals surface area (Å²) in [7, 11) is 1.85. The number of anilines is 1. The van der Waals surface area contributed by atoms with Crippen molar-refractivity contribution in [3.63, 3.8) is 0 Å². The summed E-state index contributed by atoms with van der Waals surface area (Å²) < 4.78 is 1.96. The molecule has 3 saturated carbocycles. The molecule has 0 amide bonds. The van der Waals surface area contributed by atoms with Gasteiger partial charge in [-0.2, -0.15) is 4.98 Å². The van der Waals surface area contributed by atoms with Gasteiger partial charge in [0, 0.05) is 34.8 Å². The first-order valence-corrected chi connectivity index (χ1v) is 11.6. The van der Waals surface area contributed by atoms with Crippen LogP contribution in [0.1, 0.15) is 24.8 Å². The minimum Gasteiger partial charge on any atom is -0.372 e. The first-order valence-electron chi connectivity index (χ1n) is 11.2. The Balaban J connectivity index is 1.34. The maximum Gasteiger partial charge on any atom is 0.257 e. The number of rotatable bonds is 4. The Bertz CT molecular complexity index is 1540. The molecule has 0 aliphatic heterocycles. The number of nitrogens with one attached hydrogen (secondary N) is 1. The van der Waals surface area contributed by atoms with Crippen molar-refractivity contribution in [2.45, 2.75) is 24.7 Å². The molecule has 0 saturated heterocycles. The van der Waals surface area contributed by atoms with Gasteiger partial charge in [-0.25, -0.2) is 0 Å². The zero-order chi connectivity index (χ0) is 22.2. The van der Waals surface area contributed by atoms with E-state index in [4.69, 9.17) is 16.6 Å². The lowest BCUT2D eigenvalue weighted by Crippen LogP contribution is -2.55. The van der Waals surface area contributed by atoms with Crippen LogP contribution in [0.4, 0.5) is 5.82 Å². The molecule has 0 atom stereocenters. The highest BCUT2D eigenvalue weighted by Gasteiger charge is 2.57. The number of hydrogen-bond acceptors (Lipinski definition) is 5. The topological polar surface area (TPSA) is 68.0 Å². The number of benzene rings is 2. The molecule has 0 radical (unpaired) electrons. The summed E-state index contributed by atoms with van der Waals surface area (Å²) in [5.41, 5.74) is 5.69. The molecule has 2 bridgehead atoms. The van der Waals surface area contributed by atoms with Crippen molar-refractivity contribution >= 4 is 34.1 Å². The van der Waals surface area contributed by atoms with Gasteiger partial charge in [-0.1, -0.05) is 35.9 Å². The molecule has 3 aliphatic rings. The van der Waals surface area contributed by atoms with E-state index in [0.717, 1.165) is 45.3 Å². The zero-order valence-corrected chi connectivity index (χ0v) is 18.8. The third-order valence-corrected chi connectivity index (χ3v) is 7.62. The predicted octanol–water partition coefficient (Wildman–Crippen LogP) is 5.75. The van der Waals surface area contributed by atoms with Gasteiger partial charge in [0.15, 0.2) is 5.82 Å². The summed E-state index contributed by atoms with van der Waals surface area (Å²) >= 11 is 6.34. The molecule has 33 heavy (non-hydrogen) atoms. The van der Waals surface area contributed by atoms with E-state index >= 15 is 0 Å². The first-order chi connectivity index (χ1) is 16.1. The Morgan fingerprint density at radius 2 is 1.85 bits per heavy atom. The van der Waals surface area contributed by atoms with E-state index in [2.05, 4.69) is 51.0 Å². The molecule has 7 heteroatoms. The summed E-state index contributed by atoms with van der Waals surface area (Å²) in [4.78, 5) is 9.46. The van der Waals surface area contributed by atoms with Gasteiger partial charge in [-0.15, -0.1) is 10.2 Å². The molecule has 3 aromatic heterocycles. The third-order valence-electron chi connectivity index (χ3n) is 7.38. The molecule has 3 fully saturated rings. The van der Waals surface area contributed by atoms with Gasteiger partial charge in [0.05, 0.1) is 11.2 Å². The number of halogens is 1. The van der Waals surface area contributed by atoms with Gasteiger partial charge >= 0.3 is 0 Å². The zero-order valence-electron chi connectivity index (χ0n) is 18.1. The lowest BCUT2D eigenvalue weighted by atomic mass is 9.42. The minimum atomic E-state index is 0.431. The van der Waals surface area contributed by atoms with Crippen LogP contribution in [0.15, 0.2) is 60.8 Å². The molecule has 3 heterocycles. The molecule has 1 N–H and O–H groups in total. The van der Waals surface area contributed by atoms with Gasteiger partial charge in [-0.05, 0) is 66.5 Å². The van der Waals surface area contributed by atoms with E-state index in [1.165, 1.54) is 24.8 Å². The molecule has 162 valence electrons. The van der Waals surface area contributed by atoms with E-state index in [1.807, 2.05) is 41.8 Å². The summed E-state index contributed by atoms with van der Waals surface area (Å²) in [5.74, 6) is 2.95. The van der Waals surface area contributed by atoms with E-state index in [1.54, 1.807) is 0 Å². The van der Waals surface area contributed by atoms with E-state index in [9.17, 15) is 0 Å². The molecule has 3 aliphatic carbocycles. The summed E-state index contributed by atoms with van der Waals surface area (Å²) in [6.45, 7) is 0. The Kier molecular flexibility index (Phi) is 3.89. The maximum absolute atomic E-state index is 6.34. The Morgan fingerprint density at radius 3 is 2.58 bits per heavy atom. The van der Waals surface area contributed by atoms with Crippen LogP contribution in [0.2, 0.25) is 5.02 Å². The van der Waals surface area contributed by atoms with Crippen molar-refractivity contribution in [1.82, 2.24) is 24.6 Å². The fraction of sp³-hybridized carbons (Fsp3) is 0.231. The SMILES string of the molecule is CNc1nc2nnc(-c3cccc(-c4ccc(C56CC(C5)C6)cn4)c3)n2c2cc(Cl)ccc12. The third kappa shape index (κ3) is 2.74. The molecule has 5 aromatic rings. The van der Waals surface area contributed by atoms with Crippen LogP contribution in [0.3, 0.4) is 0 Å². The fourth-order valence-electron chi connectivity index (χ4n) is 5.53. The Morgan fingerprint density at radius 1 is 1.00 bits per heavy atom. The van der Waals surface area contributed by atoms with Gasteiger partial charge in [-0.3, -0.25) is 9.38 Å². The summed E-state index contributed by atoms with van der Waals surface area (Å²) in [6.07, 6.45) is 6.09. The summed E-state index contributed by atoms with van der Waals surface area (Å²) in [5, 5.41) is 13.6. The van der Waals surface area contributed by atoms with E-state index < -0.39 is 0 Å². The maximum atomic E-state index is 6.34. The average Bonchev–Trinajstić information content (AvgIpc) is 3.21. The molecule has 6 nitrogen and oxygen atoms in total. The summed E-state index contributed by atoms with van der Waals surface area (Å²) in [6, 6.07) is 18.4. The second kappa shape index (κ2) is 6.75. The predicted molar refractivity (Wildman–Crippen MR) is 131 cm³/mol. The van der Waals surface area contributed by atoms with Crippen LogP contribution < -0.4 is 5.32 Å². The van der Waals surface area contributed by atoms with Crippen molar-refractivity contribution < 1.29 is 0 Å². The molecule has 0 unspecified atom stereocenters. The van der Waals surface area contributed by atoms with E-state index in [0.29, 0.717) is 16.2 Å². The number of hydrogen-bond donors (Lipinski definition) is 1. The van der Waals surface area contributed by atoms with Gasteiger partial charge in [0.1, 0.15) is 5.82 Å². The van der Waals surface area contributed by atoms with Gasteiger partial charge < -0.3 is 5.32 Å². The van der Waals surface area contributed by atoms with Crippen molar-refractivity contribution in [2.75, 3.05) is 12.4 Å². The standard InChI is InChI=1S/C26H21ClN6/c1-28-23-20-7-6-19(27)10-22(20)33-24(31-32-25(33)30-23)17-4-2-3-16(9-17)21-8-5-18(14-29-21)26-11-15(12-26)13-26/h2-10,14-15H,11-13H2,1H3,(H,28,30,32). The van der Waals surface area contributed by atoms with Crippen LogP contribution >= 0.6 is 11.6 Å². The first kappa shape index (κ1) is 19.0. The largest absolute Gasteiger partial charge is 0.372 e. The fourth-order valence-corrected chi connectivity index (χ4v) is 5.69. The molecule has 8 rings (SSSR count). The monoisotopic (exact) mass is 452 g/mol. The van der Waals surface area contributed by atoms with Crippen LogP contribution in [0.25, 0.3) is 39.3 Å². The molecular weight excluding hydrogens is 432 g/mol. The molecule has 2 aromatic carbocycles. The van der Waals surface area contributed by atoms with Crippen molar-refractivity contribution in [2.24, 2.45) is 5.92 Å². The number of aromatic nitrogens is 5. The smallest absolute Gasteiger partial charge is 0.257 e. The van der Waals surface area contributed by atoms with Crippen LogP contribution in [-0.4, -0.2) is 31.6 Å². The van der Waals surface area contributed by atoms with Crippen LogP contribution in [0.5, 0.6) is 0 Å². The minimum absolute atomic E-state index is 0.431. The van der Waals surface area contributed by atoms with Crippen LogP contribution in [0, 0.1) is 5.92 Å². The number of pyridine rings is 1.